The average molecular weight is 344 g/mol. The molecule has 3 heterocycles. The Balaban J connectivity index is 1.61. The number of nitrogens with zero attached hydrogens (tertiary/aromatic N) is 3. The van der Waals surface area contributed by atoms with E-state index in [0.717, 1.165) is 42.5 Å². The minimum atomic E-state index is -0.653. The number of aromatic nitrogens is 2. The van der Waals surface area contributed by atoms with Gasteiger partial charge in [0.2, 0.25) is 0 Å². The number of cyclic esters (lactones) is 1. The van der Waals surface area contributed by atoms with Crippen LogP contribution in [0.3, 0.4) is 0 Å². The van der Waals surface area contributed by atoms with E-state index >= 15 is 0 Å². The molecule has 0 bridgehead atoms. The van der Waals surface area contributed by atoms with Crippen LogP contribution in [0, 0.1) is 0 Å². The summed E-state index contributed by atoms with van der Waals surface area (Å²) >= 11 is 0. The fourth-order valence-corrected chi connectivity index (χ4v) is 3.26. The molecule has 1 N–H and O–H groups in total. The van der Waals surface area contributed by atoms with Gasteiger partial charge in [0.05, 0.1) is 11.7 Å². The maximum atomic E-state index is 12.5. The van der Waals surface area contributed by atoms with Crippen LogP contribution in [0.5, 0.6) is 0 Å². The predicted molar refractivity (Wildman–Crippen MR) is 90.3 cm³/mol. The number of amides is 2. The number of carbonyl (C=O) groups is 2. The van der Waals surface area contributed by atoms with Gasteiger partial charge in [0, 0.05) is 24.7 Å². The molecule has 2 saturated heterocycles. The topological polar surface area (TPSA) is 85.7 Å². The first-order valence-electron chi connectivity index (χ1n) is 8.43. The normalized spacial score (nSPS) is 23.3. The van der Waals surface area contributed by atoms with Crippen molar-refractivity contribution in [2.24, 2.45) is 0 Å². The van der Waals surface area contributed by atoms with Gasteiger partial charge in [-0.25, -0.2) is 9.48 Å². The van der Waals surface area contributed by atoms with E-state index in [1.807, 2.05) is 29.1 Å². The first-order chi connectivity index (χ1) is 12.1. The van der Waals surface area contributed by atoms with Gasteiger partial charge < -0.3 is 19.7 Å². The molecule has 2 aliphatic rings. The molecule has 25 heavy (non-hydrogen) atoms. The van der Waals surface area contributed by atoms with E-state index in [4.69, 9.17) is 9.47 Å². The van der Waals surface area contributed by atoms with Crippen molar-refractivity contribution in [1.82, 2.24) is 15.1 Å². The lowest BCUT2D eigenvalue weighted by molar-refractivity contribution is -0.120. The first kappa shape index (κ1) is 15.9. The average Bonchev–Trinajstić information content (AvgIpc) is 3.27. The quantitative estimate of drug-likeness (QED) is 0.918. The van der Waals surface area contributed by atoms with E-state index in [1.54, 1.807) is 7.05 Å². The third-order valence-electron chi connectivity index (χ3n) is 4.70. The molecule has 0 aliphatic carbocycles. The molecule has 2 unspecified atom stereocenters. The van der Waals surface area contributed by atoms with Crippen LogP contribution in [-0.2, 0) is 14.3 Å². The summed E-state index contributed by atoms with van der Waals surface area (Å²) in [7, 11) is 1.69. The molecule has 8 heteroatoms. The number of anilines is 1. The summed E-state index contributed by atoms with van der Waals surface area (Å²) in [6.45, 7) is 0.795. The molecule has 2 atom stereocenters. The first-order valence-corrected chi connectivity index (χ1v) is 8.43. The van der Waals surface area contributed by atoms with Crippen molar-refractivity contribution < 1.29 is 19.1 Å². The van der Waals surface area contributed by atoms with Gasteiger partial charge in [-0.1, -0.05) is 0 Å². The molecule has 0 spiro atoms. The number of benzene rings is 1. The Labute approximate surface area is 144 Å². The number of likely N-dealkylation sites (N-methyl/N-ethyl adjacent to an activating group) is 1. The smallest absolute Gasteiger partial charge is 0.407 e. The summed E-state index contributed by atoms with van der Waals surface area (Å²) in [4.78, 5) is 25.2. The molecule has 0 radical (unpaired) electrons. The van der Waals surface area contributed by atoms with E-state index in [0.29, 0.717) is 0 Å². The Morgan fingerprint density at radius 1 is 1.40 bits per heavy atom. The number of hydrogen-bond donors (Lipinski definition) is 1. The molecular weight excluding hydrogens is 324 g/mol. The summed E-state index contributed by atoms with van der Waals surface area (Å²) in [5, 5.41) is 7.97. The fraction of sp³-hybridized carbons (Fsp3) is 0.471. The monoisotopic (exact) mass is 344 g/mol. The number of alkyl carbamates (subject to hydrolysis) is 1. The number of carbonyl (C=O) groups excluding carboxylic acids is 2. The number of fused-ring (bicyclic) bond motifs is 1. The molecule has 1 aromatic carbocycles. The maximum Gasteiger partial charge on any atom is 0.407 e. The highest BCUT2D eigenvalue weighted by atomic mass is 16.6. The van der Waals surface area contributed by atoms with Crippen LogP contribution in [0.2, 0.25) is 0 Å². The second-order valence-electron chi connectivity index (χ2n) is 6.35. The van der Waals surface area contributed by atoms with Gasteiger partial charge in [0.15, 0.2) is 6.23 Å². The zero-order valence-corrected chi connectivity index (χ0v) is 14.0. The van der Waals surface area contributed by atoms with Crippen LogP contribution in [-0.4, -0.2) is 48.1 Å². The summed E-state index contributed by atoms with van der Waals surface area (Å²) in [5.41, 5.74) is 1.66. The highest BCUT2D eigenvalue weighted by molar-refractivity contribution is 6.00. The molecule has 2 aliphatic heterocycles. The molecule has 4 rings (SSSR count). The lowest BCUT2D eigenvalue weighted by Gasteiger charge is -2.24. The van der Waals surface area contributed by atoms with E-state index in [9.17, 15) is 9.59 Å². The van der Waals surface area contributed by atoms with Gasteiger partial charge in [-0.2, -0.15) is 5.10 Å². The standard InChI is InChI=1S/C17H20N4O4/c1-20(16(22)13-10-25-17(23)19-13)12-6-5-11-9-18-21(14(11)8-12)15-4-2-3-7-24-15/h5-6,8-9,13,15H,2-4,7,10H2,1H3,(H,19,23). The second kappa shape index (κ2) is 6.36. The Morgan fingerprint density at radius 3 is 3.00 bits per heavy atom. The SMILES string of the molecule is CN(C(=O)C1COC(=O)N1)c1ccc2cnn(C3CCCCO3)c2c1. The van der Waals surface area contributed by atoms with Crippen molar-refractivity contribution in [3.05, 3.63) is 24.4 Å². The van der Waals surface area contributed by atoms with Crippen molar-refractivity contribution >= 4 is 28.6 Å². The minimum absolute atomic E-state index is 0.0537. The summed E-state index contributed by atoms with van der Waals surface area (Å²) in [5.74, 6) is -0.217. The Hall–Kier alpha value is -2.61. The summed E-state index contributed by atoms with van der Waals surface area (Å²) in [6, 6.07) is 5.08. The van der Waals surface area contributed by atoms with Gasteiger partial charge in [-0.3, -0.25) is 4.79 Å². The second-order valence-corrected chi connectivity index (χ2v) is 6.35. The third kappa shape index (κ3) is 2.93. The zero-order chi connectivity index (χ0) is 17.4. The zero-order valence-electron chi connectivity index (χ0n) is 14.0. The van der Waals surface area contributed by atoms with Crippen molar-refractivity contribution in [3.8, 4) is 0 Å². The molecule has 0 saturated carbocycles. The Morgan fingerprint density at radius 2 is 2.28 bits per heavy atom. The van der Waals surface area contributed by atoms with Crippen molar-refractivity contribution in [3.63, 3.8) is 0 Å². The molecule has 2 aromatic rings. The van der Waals surface area contributed by atoms with Gasteiger partial charge in [0.25, 0.3) is 5.91 Å². The fourth-order valence-electron chi connectivity index (χ4n) is 3.26. The lowest BCUT2D eigenvalue weighted by Crippen LogP contribution is -2.44. The van der Waals surface area contributed by atoms with Gasteiger partial charge in [-0.15, -0.1) is 0 Å². The summed E-state index contributed by atoms with van der Waals surface area (Å²) < 4.78 is 12.5. The van der Waals surface area contributed by atoms with Gasteiger partial charge in [-0.05, 0) is 37.5 Å². The summed E-state index contributed by atoms with van der Waals surface area (Å²) in [6.07, 6.45) is 4.31. The van der Waals surface area contributed by atoms with Gasteiger partial charge in [0.1, 0.15) is 12.6 Å². The minimum Gasteiger partial charge on any atom is -0.447 e. The van der Waals surface area contributed by atoms with Crippen molar-refractivity contribution in [2.45, 2.75) is 31.5 Å². The molecule has 1 aromatic heterocycles. The molecular formula is C17H20N4O4. The van der Waals surface area contributed by atoms with E-state index < -0.39 is 12.1 Å². The van der Waals surface area contributed by atoms with Crippen LogP contribution in [0.25, 0.3) is 10.9 Å². The number of ether oxygens (including phenoxy) is 2. The van der Waals surface area contributed by atoms with Gasteiger partial charge >= 0.3 is 6.09 Å². The van der Waals surface area contributed by atoms with Crippen molar-refractivity contribution in [1.29, 1.82) is 0 Å². The number of nitrogens with one attached hydrogen (secondary N) is 1. The van der Waals surface area contributed by atoms with Crippen molar-refractivity contribution in [2.75, 3.05) is 25.2 Å². The number of hydrogen-bond acceptors (Lipinski definition) is 5. The number of rotatable bonds is 3. The van der Waals surface area contributed by atoms with Crippen LogP contribution in [0.4, 0.5) is 10.5 Å². The Bertz CT molecular complexity index is 812. The van der Waals surface area contributed by atoms with Crippen LogP contribution < -0.4 is 10.2 Å². The third-order valence-corrected chi connectivity index (χ3v) is 4.70. The van der Waals surface area contributed by atoms with Crippen LogP contribution in [0.1, 0.15) is 25.5 Å². The van der Waals surface area contributed by atoms with Crippen LogP contribution >= 0.6 is 0 Å². The highest BCUT2D eigenvalue weighted by Crippen LogP contribution is 2.28. The van der Waals surface area contributed by atoms with E-state index in [-0.39, 0.29) is 18.7 Å². The van der Waals surface area contributed by atoms with Crippen LogP contribution in [0.15, 0.2) is 24.4 Å². The predicted octanol–water partition coefficient (Wildman–Crippen LogP) is 1.81. The maximum absolute atomic E-state index is 12.5. The Kier molecular flexibility index (Phi) is 4.04. The van der Waals surface area contributed by atoms with E-state index in [1.165, 1.54) is 4.90 Å². The molecule has 8 nitrogen and oxygen atoms in total. The molecule has 2 fully saturated rings. The lowest BCUT2D eigenvalue weighted by atomic mass is 10.1. The largest absolute Gasteiger partial charge is 0.447 e. The molecule has 132 valence electrons. The highest BCUT2D eigenvalue weighted by Gasteiger charge is 2.31. The molecule has 2 amide bonds. The van der Waals surface area contributed by atoms with E-state index in [2.05, 4.69) is 10.4 Å².